The monoisotopic (exact) mass is 296 g/mol. The minimum Gasteiger partial charge on any atom is -0.414 e. The number of rotatable bonds is 3. The van der Waals surface area contributed by atoms with Crippen LogP contribution in [0.4, 0.5) is 18.0 Å². The smallest absolute Gasteiger partial charge is 0.414 e. The van der Waals surface area contributed by atoms with Crippen LogP contribution in [0.3, 0.4) is 0 Å². The Kier molecular flexibility index (Phi) is 5.05. The van der Waals surface area contributed by atoms with E-state index in [0.29, 0.717) is 0 Å². The van der Waals surface area contributed by atoms with Crippen molar-refractivity contribution in [2.45, 2.75) is 25.6 Å². The van der Waals surface area contributed by atoms with Gasteiger partial charge in [-0.3, -0.25) is 0 Å². The summed E-state index contributed by atoms with van der Waals surface area (Å²) < 4.78 is 46.3. The molecule has 0 amide bonds. The number of alkyl halides is 4. The molecule has 0 saturated heterocycles. The van der Waals surface area contributed by atoms with Gasteiger partial charge in [-0.25, -0.2) is 4.79 Å². The van der Waals surface area contributed by atoms with Gasteiger partial charge in [0.25, 0.3) is 0 Å². The largest absolute Gasteiger partial charge is 0.515 e. The fraction of sp³-hybridized carbons (Fsp3) is 0.417. The van der Waals surface area contributed by atoms with E-state index in [1.165, 1.54) is 0 Å². The van der Waals surface area contributed by atoms with Crippen LogP contribution >= 0.6 is 11.6 Å². The molecular formula is C12H12ClF3O3. The van der Waals surface area contributed by atoms with Crippen molar-refractivity contribution in [3.8, 4) is 5.75 Å². The van der Waals surface area contributed by atoms with Crippen LogP contribution in [0.25, 0.3) is 0 Å². The molecule has 0 heterocycles. The zero-order chi connectivity index (χ0) is 14.6. The van der Waals surface area contributed by atoms with Crippen molar-refractivity contribution < 1.29 is 27.4 Å². The zero-order valence-corrected chi connectivity index (χ0v) is 11.0. The highest BCUT2D eigenvalue weighted by molar-refractivity contribution is 6.20. The quantitative estimate of drug-likeness (QED) is 0.470. The van der Waals surface area contributed by atoms with E-state index in [2.05, 4.69) is 4.74 Å². The molecule has 0 fully saturated rings. The van der Waals surface area contributed by atoms with Crippen LogP contribution in [-0.2, 0) is 10.9 Å². The number of hydrogen-bond acceptors (Lipinski definition) is 3. The van der Waals surface area contributed by atoms with Gasteiger partial charge >= 0.3 is 12.3 Å². The van der Waals surface area contributed by atoms with Crippen LogP contribution in [0.1, 0.15) is 19.4 Å². The minimum atomic E-state index is -4.43. The van der Waals surface area contributed by atoms with Crippen LogP contribution in [0.2, 0.25) is 0 Å². The fourth-order valence-electron chi connectivity index (χ4n) is 1.06. The van der Waals surface area contributed by atoms with Crippen LogP contribution in [0.5, 0.6) is 5.75 Å². The van der Waals surface area contributed by atoms with Gasteiger partial charge in [0, 0.05) is 5.92 Å². The Balaban J connectivity index is 2.61. The molecule has 0 N–H and O–H groups in total. The first-order valence-electron chi connectivity index (χ1n) is 5.40. The second kappa shape index (κ2) is 6.14. The van der Waals surface area contributed by atoms with E-state index in [9.17, 15) is 18.0 Å². The summed E-state index contributed by atoms with van der Waals surface area (Å²) in [4.78, 5) is 11.3. The summed E-state index contributed by atoms with van der Waals surface area (Å²) in [6.07, 6.45) is -5.49. The van der Waals surface area contributed by atoms with Crippen molar-refractivity contribution in [2.24, 2.45) is 5.92 Å². The maximum Gasteiger partial charge on any atom is 0.515 e. The second-order valence-electron chi connectivity index (χ2n) is 4.09. The molecule has 0 radical (unpaired) electrons. The van der Waals surface area contributed by atoms with Gasteiger partial charge < -0.3 is 9.47 Å². The lowest BCUT2D eigenvalue weighted by Gasteiger charge is -2.14. The summed E-state index contributed by atoms with van der Waals surface area (Å²) in [5.41, 5.74) is -1.69. The molecular weight excluding hydrogens is 285 g/mol. The standard InChI is InChI=1S/C12H12ClF3O3/c1-7(2)10(13)19-11(17)18-9-5-3-8(4-6-9)12(14,15)16/h3-7,10H,1-2H3. The van der Waals surface area contributed by atoms with Gasteiger partial charge in [-0.15, -0.1) is 0 Å². The van der Waals surface area contributed by atoms with E-state index >= 15 is 0 Å². The van der Waals surface area contributed by atoms with E-state index in [0.717, 1.165) is 24.3 Å². The topological polar surface area (TPSA) is 35.5 Å². The molecule has 19 heavy (non-hydrogen) atoms. The molecule has 0 aromatic heterocycles. The molecule has 7 heteroatoms. The average molecular weight is 297 g/mol. The molecule has 0 spiro atoms. The highest BCUT2D eigenvalue weighted by Crippen LogP contribution is 2.30. The number of ether oxygens (including phenoxy) is 2. The maximum atomic E-state index is 12.3. The number of carbonyl (C=O) groups excluding carboxylic acids is 1. The molecule has 1 aromatic rings. The Morgan fingerprint density at radius 2 is 1.74 bits per heavy atom. The molecule has 0 aliphatic rings. The summed E-state index contributed by atoms with van der Waals surface area (Å²) in [5, 5.41) is 0. The molecule has 1 aromatic carbocycles. The molecule has 1 unspecified atom stereocenters. The van der Waals surface area contributed by atoms with E-state index in [4.69, 9.17) is 16.3 Å². The third-order valence-corrected chi connectivity index (χ3v) is 2.71. The van der Waals surface area contributed by atoms with Crippen molar-refractivity contribution >= 4 is 17.8 Å². The van der Waals surface area contributed by atoms with Gasteiger partial charge in [0.2, 0.25) is 0 Å². The summed E-state index contributed by atoms with van der Waals surface area (Å²) >= 11 is 5.69. The fourth-order valence-corrected chi connectivity index (χ4v) is 1.13. The van der Waals surface area contributed by atoms with Crippen LogP contribution in [0.15, 0.2) is 24.3 Å². The Labute approximate surface area is 113 Å². The predicted molar refractivity (Wildman–Crippen MR) is 63.0 cm³/mol. The van der Waals surface area contributed by atoms with E-state index in [-0.39, 0.29) is 11.7 Å². The first-order valence-corrected chi connectivity index (χ1v) is 5.83. The molecule has 0 aliphatic carbocycles. The van der Waals surface area contributed by atoms with Gasteiger partial charge in [-0.2, -0.15) is 13.2 Å². The first-order chi connectivity index (χ1) is 8.70. The Morgan fingerprint density at radius 1 is 1.21 bits per heavy atom. The number of hydrogen-bond donors (Lipinski definition) is 0. The van der Waals surface area contributed by atoms with E-state index in [1.807, 2.05) is 0 Å². The van der Waals surface area contributed by atoms with Gasteiger partial charge in [-0.05, 0) is 24.3 Å². The van der Waals surface area contributed by atoms with Crippen molar-refractivity contribution in [1.29, 1.82) is 0 Å². The normalized spacial score (nSPS) is 13.2. The lowest BCUT2D eigenvalue weighted by Crippen LogP contribution is -2.20. The highest BCUT2D eigenvalue weighted by atomic mass is 35.5. The average Bonchev–Trinajstić information content (AvgIpc) is 2.28. The zero-order valence-electron chi connectivity index (χ0n) is 10.2. The number of carbonyl (C=O) groups is 1. The van der Waals surface area contributed by atoms with Gasteiger partial charge in [0.1, 0.15) is 5.75 Å². The van der Waals surface area contributed by atoms with Crippen molar-refractivity contribution in [3.05, 3.63) is 29.8 Å². The van der Waals surface area contributed by atoms with E-state index < -0.39 is 23.5 Å². The van der Waals surface area contributed by atoms with Crippen molar-refractivity contribution in [2.75, 3.05) is 0 Å². The Hall–Kier alpha value is -1.43. The Morgan fingerprint density at radius 3 is 2.16 bits per heavy atom. The maximum absolute atomic E-state index is 12.3. The molecule has 3 nitrogen and oxygen atoms in total. The molecule has 1 atom stereocenters. The summed E-state index contributed by atoms with van der Waals surface area (Å²) in [5.74, 6) is -0.160. The van der Waals surface area contributed by atoms with Gasteiger partial charge in [0.15, 0.2) is 5.56 Å². The lowest BCUT2D eigenvalue weighted by molar-refractivity contribution is -0.137. The number of benzene rings is 1. The first kappa shape index (κ1) is 15.6. The Bertz CT molecular complexity index is 429. The molecule has 0 bridgehead atoms. The van der Waals surface area contributed by atoms with Crippen LogP contribution in [0, 0.1) is 5.92 Å². The van der Waals surface area contributed by atoms with Crippen molar-refractivity contribution in [1.82, 2.24) is 0 Å². The summed E-state index contributed by atoms with van der Waals surface area (Å²) in [6.45, 7) is 3.48. The second-order valence-corrected chi connectivity index (χ2v) is 4.52. The SMILES string of the molecule is CC(C)C(Cl)OC(=O)Oc1ccc(C(F)(F)F)cc1. The summed E-state index contributed by atoms with van der Waals surface area (Å²) in [6, 6.07) is 3.68. The third kappa shape index (κ3) is 4.98. The van der Waals surface area contributed by atoms with E-state index in [1.54, 1.807) is 13.8 Å². The van der Waals surface area contributed by atoms with Gasteiger partial charge in [0.05, 0.1) is 5.56 Å². The highest BCUT2D eigenvalue weighted by Gasteiger charge is 2.30. The third-order valence-electron chi connectivity index (χ3n) is 2.12. The predicted octanol–water partition coefficient (Wildman–Crippen LogP) is 4.44. The van der Waals surface area contributed by atoms with Crippen LogP contribution < -0.4 is 4.74 Å². The van der Waals surface area contributed by atoms with Crippen LogP contribution in [-0.4, -0.2) is 11.7 Å². The van der Waals surface area contributed by atoms with Crippen molar-refractivity contribution in [3.63, 3.8) is 0 Å². The minimum absolute atomic E-state index is 0.0503. The number of halogens is 4. The molecule has 106 valence electrons. The molecule has 0 aliphatic heterocycles. The summed E-state index contributed by atoms with van der Waals surface area (Å²) in [7, 11) is 0. The molecule has 0 saturated carbocycles. The van der Waals surface area contributed by atoms with Gasteiger partial charge in [-0.1, -0.05) is 25.4 Å². The molecule has 1 rings (SSSR count). The lowest BCUT2D eigenvalue weighted by atomic mass is 10.2.